The molecule has 23 heavy (non-hydrogen) atoms. The molecule has 1 aliphatic rings. The number of carbonyl (C=O) groups is 1. The smallest absolute Gasteiger partial charge is 0.216 e. The van der Waals surface area contributed by atoms with Crippen LogP contribution >= 0.6 is 0 Å². The highest BCUT2D eigenvalue weighted by Crippen LogP contribution is 2.42. The molecule has 122 valence electrons. The van der Waals surface area contributed by atoms with E-state index in [1.54, 1.807) is 20.3 Å². The van der Waals surface area contributed by atoms with Gasteiger partial charge in [0.1, 0.15) is 11.5 Å². The van der Waals surface area contributed by atoms with Gasteiger partial charge in [0, 0.05) is 19.4 Å². The number of hydrogen-bond donors (Lipinski definition) is 1. The molecule has 0 radical (unpaired) electrons. The van der Waals surface area contributed by atoms with Crippen LogP contribution in [0.5, 0.6) is 5.75 Å². The van der Waals surface area contributed by atoms with Crippen LogP contribution in [0.15, 0.2) is 41.0 Å². The van der Waals surface area contributed by atoms with E-state index < -0.39 is 0 Å². The summed E-state index contributed by atoms with van der Waals surface area (Å²) in [6.45, 7) is 2.25. The highest BCUT2D eigenvalue weighted by atomic mass is 16.5. The van der Waals surface area contributed by atoms with Crippen molar-refractivity contribution in [2.45, 2.75) is 38.0 Å². The van der Waals surface area contributed by atoms with E-state index >= 15 is 0 Å². The molecule has 4 heteroatoms. The Kier molecular flexibility index (Phi) is 4.70. The Bertz CT molecular complexity index is 663. The molecule has 1 N–H and O–H groups in total. The highest BCUT2D eigenvalue weighted by Gasteiger charge is 2.29. The number of methoxy groups -OCH3 is 1. The highest BCUT2D eigenvalue weighted by molar-refractivity contribution is 5.72. The lowest BCUT2D eigenvalue weighted by Crippen LogP contribution is -2.25. The molecule has 2 aromatic rings. The van der Waals surface area contributed by atoms with Crippen molar-refractivity contribution in [2.24, 2.45) is 0 Å². The Morgan fingerprint density at radius 3 is 2.96 bits per heavy atom. The van der Waals surface area contributed by atoms with Crippen LogP contribution in [0.2, 0.25) is 0 Å². The van der Waals surface area contributed by atoms with Gasteiger partial charge >= 0.3 is 0 Å². The summed E-state index contributed by atoms with van der Waals surface area (Å²) in [4.78, 5) is 11.1. The van der Waals surface area contributed by atoms with E-state index in [1.165, 1.54) is 11.1 Å². The van der Waals surface area contributed by atoms with Crippen molar-refractivity contribution in [3.8, 4) is 5.75 Å². The predicted octanol–water partition coefficient (Wildman–Crippen LogP) is 3.63. The maximum absolute atomic E-state index is 11.1. The third-order valence-corrected chi connectivity index (χ3v) is 4.64. The summed E-state index contributed by atoms with van der Waals surface area (Å²) in [5.74, 6) is 2.76. The second kappa shape index (κ2) is 6.90. The molecule has 0 saturated heterocycles. The van der Waals surface area contributed by atoms with Crippen LogP contribution < -0.4 is 10.1 Å². The number of nitrogens with one attached hydrogen (secondary N) is 1. The molecule has 0 aliphatic heterocycles. The minimum Gasteiger partial charge on any atom is -0.497 e. The van der Waals surface area contributed by atoms with Gasteiger partial charge in [-0.25, -0.2) is 0 Å². The number of benzene rings is 1. The topological polar surface area (TPSA) is 51.5 Å². The van der Waals surface area contributed by atoms with Crippen molar-refractivity contribution in [3.63, 3.8) is 0 Å². The minimum absolute atomic E-state index is 0.0225. The standard InChI is InChI=1S/C19H23NO3/c1-13(21)20-8-7-15-11-16(19-4-3-9-23-19)10-14-5-6-17(22-2)12-18(14)15/h3-6,9,12,15-16H,7-8,10-11H2,1-2H3,(H,20,21). The molecule has 2 atom stereocenters. The number of hydrogen-bond acceptors (Lipinski definition) is 3. The lowest BCUT2D eigenvalue weighted by Gasteiger charge is -2.31. The molecule has 1 aromatic heterocycles. The molecular weight excluding hydrogens is 290 g/mol. The summed E-state index contributed by atoms with van der Waals surface area (Å²) in [5.41, 5.74) is 2.70. The number of fused-ring (bicyclic) bond motifs is 1. The Hall–Kier alpha value is -2.23. The van der Waals surface area contributed by atoms with Crippen molar-refractivity contribution >= 4 is 5.91 Å². The molecule has 0 saturated carbocycles. The second-order valence-electron chi connectivity index (χ2n) is 6.19. The van der Waals surface area contributed by atoms with Gasteiger partial charge < -0.3 is 14.5 Å². The normalized spacial score (nSPS) is 19.9. The Balaban J connectivity index is 1.84. The van der Waals surface area contributed by atoms with Crippen LogP contribution in [-0.4, -0.2) is 19.6 Å². The molecular formula is C19H23NO3. The van der Waals surface area contributed by atoms with Crippen LogP contribution in [0.3, 0.4) is 0 Å². The lowest BCUT2D eigenvalue weighted by molar-refractivity contribution is -0.118. The average Bonchev–Trinajstić information content (AvgIpc) is 3.08. The number of rotatable bonds is 5. The quantitative estimate of drug-likeness (QED) is 0.917. The van der Waals surface area contributed by atoms with E-state index in [-0.39, 0.29) is 5.91 Å². The van der Waals surface area contributed by atoms with Gasteiger partial charge in [-0.2, -0.15) is 0 Å². The Labute approximate surface area is 136 Å². The van der Waals surface area contributed by atoms with Crippen LogP contribution in [-0.2, 0) is 11.2 Å². The third kappa shape index (κ3) is 3.58. The largest absolute Gasteiger partial charge is 0.497 e. The van der Waals surface area contributed by atoms with E-state index in [9.17, 15) is 4.79 Å². The molecule has 0 fully saturated rings. The van der Waals surface area contributed by atoms with Crippen LogP contribution in [0.4, 0.5) is 0 Å². The summed E-state index contributed by atoms with van der Waals surface area (Å²) in [7, 11) is 1.70. The number of ether oxygens (including phenoxy) is 1. The van der Waals surface area contributed by atoms with Gasteiger partial charge in [0.25, 0.3) is 0 Å². The van der Waals surface area contributed by atoms with Crippen LogP contribution in [0.1, 0.15) is 48.5 Å². The summed E-state index contributed by atoms with van der Waals surface area (Å²) in [5, 5.41) is 2.91. The van der Waals surface area contributed by atoms with Gasteiger partial charge in [0.15, 0.2) is 0 Å². The molecule has 1 amide bonds. The van der Waals surface area contributed by atoms with Gasteiger partial charge in [-0.15, -0.1) is 0 Å². The molecule has 1 aromatic carbocycles. The van der Waals surface area contributed by atoms with Gasteiger partial charge in [0.05, 0.1) is 13.4 Å². The van der Waals surface area contributed by atoms with E-state index in [0.29, 0.717) is 18.4 Å². The molecule has 3 rings (SSSR count). The molecule has 0 bridgehead atoms. The van der Waals surface area contributed by atoms with Crippen LogP contribution in [0, 0.1) is 0 Å². The Morgan fingerprint density at radius 1 is 1.39 bits per heavy atom. The number of furan rings is 1. The zero-order chi connectivity index (χ0) is 16.2. The van der Waals surface area contributed by atoms with E-state index in [2.05, 4.69) is 23.5 Å². The maximum Gasteiger partial charge on any atom is 0.216 e. The zero-order valence-electron chi connectivity index (χ0n) is 13.7. The fourth-order valence-corrected chi connectivity index (χ4v) is 3.52. The minimum atomic E-state index is 0.0225. The fraction of sp³-hybridized carbons (Fsp3) is 0.421. The van der Waals surface area contributed by atoms with Gasteiger partial charge in [-0.1, -0.05) is 6.07 Å². The average molecular weight is 313 g/mol. The van der Waals surface area contributed by atoms with Gasteiger partial charge in [0.2, 0.25) is 5.91 Å². The first-order chi connectivity index (χ1) is 11.2. The number of carbonyl (C=O) groups excluding carboxylic acids is 1. The van der Waals surface area contributed by atoms with E-state index in [1.807, 2.05) is 12.1 Å². The third-order valence-electron chi connectivity index (χ3n) is 4.64. The Morgan fingerprint density at radius 2 is 2.26 bits per heavy atom. The van der Waals surface area contributed by atoms with E-state index in [4.69, 9.17) is 9.15 Å². The van der Waals surface area contributed by atoms with Crippen molar-refractivity contribution in [3.05, 3.63) is 53.5 Å². The second-order valence-corrected chi connectivity index (χ2v) is 6.19. The summed E-state index contributed by atoms with van der Waals surface area (Å²) in [6.07, 6.45) is 4.69. The first-order valence-corrected chi connectivity index (χ1v) is 8.12. The molecule has 1 heterocycles. The SMILES string of the molecule is COc1ccc2c(c1)C(CCNC(C)=O)CC(c1ccco1)C2. The maximum atomic E-state index is 11.1. The predicted molar refractivity (Wildman–Crippen MR) is 88.8 cm³/mol. The van der Waals surface area contributed by atoms with Gasteiger partial charge in [-0.05, 0) is 60.6 Å². The van der Waals surface area contributed by atoms with Crippen molar-refractivity contribution in [2.75, 3.05) is 13.7 Å². The van der Waals surface area contributed by atoms with Crippen molar-refractivity contribution in [1.29, 1.82) is 0 Å². The molecule has 2 unspecified atom stereocenters. The summed E-state index contributed by atoms with van der Waals surface area (Å²) in [6, 6.07) is 10.3. The fourth-order valence-electron chi connectivity index (χ4n) is 3.52. The molecule has 1 aliphatic carbocycles. The first kappa shape index (κ1) is 15.7. The van der Waals surface area contributed by atoms with Crippen molar-refractivity contribution < 1.29 is 13.9 Å². The van der Waals surface area contributed by atoms with Gasteiger partial charge in [-0.3, -0.25) is 4.79 Å². The molecule has 0 spiro atoms. The lowest BCUT2D eigenvalue weighted by atomic mass is 9.74. The first-order valence-electron chi connectivity index (χ1n) is 8.12. The monoisotopic (exact) mass is 313 g/mol. The van der Waals surface area contributed by atoms with Crippen molar-refractivity contribution in [1.82, 2.24) is 5.32 Å². The summed E-state index contributed by atoms with van der Waals surface area (Å²) < 4.78 is 11.0. The summed E-state index contributed by atoms with van der Waals surface area (Å²) >= 11 is 0. The molecule has 4 nitrogen and oxygen atoms in total. The zero-order valence-corrected chi connectivity index (χ0v) is 13.7. The number of amides is 1. The van der Waals surface area contributed by atoms with Crippen LogP contribution in [0.25, 0.3) is 0 Å². The van der Waals surface area contributed by atoms with E-state index in [0.717, 1.165) is 30.8 Å².